The average Bonchev–Trinajstić information content (AvgIpc) is 3.22. The molecule has 1 amide bonds. The molecule has 1 unspecified atom stereocenters. The molecule has 1 N–H and O–H groups in total. The molecule has 0 spiro atoms. The number of hydrogen-bond acceptors (Lipinski definition) is 4. The fourth-order valence-electron chi connectivity index (χ4n) is 3.20. The number of carbonyl (C=O) groups excluding carboxylic acids is 1. The maximum absolute atomic E-state index is 12.8. The summed E-state index contributed by atoms with van der Waals surface area (Å²) >= 11 is 6.31. The van der Waals surface area contributed by atoms with Gasteiger partial charge in [0.05, 0.1) is 10.7 Å². The van der Waals surface area contributed by atoms with Gasteiger partial charge in [0, 0.05) is 19.0 Å². The van der Waals surface area contributed by atoms with E-state index in [0.717, 1.165) is 37.6 Å². The van der Waals surface area contributed by atoms with Gasteiger partial charge < -0.3 is 10.2 Å². The Bertz CT molecular complexity index is 758. The highest BCUT2D eigenvalue weighted by atomic mass is 35.5. The van der Waals surface area contributed by atoms with Gasteiger partial charge in [0.25, 0.3) is 5.91 Å². The summed E-state index contributed by atoms with van der Waals surface area (Å²) in [6, 6.07) is 7.47. The molecule has 0 aliphatic carbocycles. The Hall–Kier alpha value is -1.92. The van der Waals surface area contributed by atoms with Crippen molar-refractivity contribution in [3.05, 3.63) is 40.9 Å². The van der Waals surface area contributed by atoms with Gasteiger partial charge in [-0.1, -0.05) is 37.6 Å². The first-order valence-electron chi connectivity index (χ1n) is 8.67. The van der Waals surface area contributed by atoms with Gasteiger partial charge in [0.15, 0.2) is 0 Å². The topological polar surface area (TPSA) is 63.1 Å². The summed E-state index contributed by atoms with van der Waals surface area (Å²) < 4.78 is 1.70. The van der Waals surface area contributed by atoms with Crippen LogP contribution >= 0.6 is 11.6 Å². The summed E-state index contributed by atoms with van der Waals surface area (Å²) in [7, 11) is 1.94. The van der Waals surface area contributed by atoms with E-state index < -0.39 is 0 Å². The first kappa shape index (κ1) is 17.9. The Kier molecular flexibility index (Phi) is 5.39. The smallest absolute Gasteiger partial charge is 0.293 e. The highest BCUT2D eigenvalue weighted by Gasteiger charge is 2.30. The van der Waals surface area contributed by atoms with Crippen molar-refractivity contribution in [2.75, 3.05) is 26.7 Å². The molecular weight excluding hydrogens is 338 g/mol. The van der Waals surface area contributed by atoms with Crippen LogP contribution in [0.25, 0.3) is 5.69 Å². The lowest BCUT2D eigenvalue weighted by Gasteiger charge is -2.14. The van der Waals surface area contributed by atoms with E-state index in [4.69, 9.17) is 11.6 Å². The number of likely N-dealkylation sites (tertiary alicyclic amines) is 1. The minimum Gasteiger partial charge on any atom is -0.336 e. The Balaban J connectivity index is 1.90. The molecule has 2 aromatic rings. The van der Waals surface area contributed by atoms with Crippen LogP contribution in [0, 0.1) is 5.92 Å². The van der Waals surface area contributed by atoms with Crippen molar-refractivity contribution in [1.82, 2.24) is 25.0 Å². The molecule has 134 valence electrons. The van der Waals surface area contributed by atoms with E-state index in [-0.39, 0.29) is 17.6 Å². The second-order valence-corrected chi connectivity index (χ2v) is 7.18. The van der Waals surface area contributed by atoms with Crippen molar-refractivity contribution < 1.29 is 4.79 Å². The molecule has 1 aromatic carbocycles. The lowest BCUT2D eigenvalue weighted by molar-refractivity contribution is 0.0775. The fraction of sp³-hybridized carbons (Fsp3) is 0.500. The van der Waals surface area contributed by atoms with Crippen molar-refractivity contribution in [1.29, 1.82) is 0 Å². The molecule has 1 aliphatic heterocycles. The molecule has 0 radical (unpaired) electrons. The first-order valence-corrected chi connectivity index (χ1v) is 9.04. The summed E-state index contributed by atoms with van der Waals surface area (Å²) in [4.78, 5) is 19.2. The predicted molar refractivity (Wildman–Crippen MR) is 98.4 cm³/mol. The Morgan fingerprint density at radius 1 is 1.40 bits per heavy atom. The summed E-state index contributed by atoms with van der Waals surface area (Å²) in [5.41, 5.74) is 0.744. The quantitative estimate of drug-likeness (QED) is 0.889. The SMILES string of the molecule is CNCC1CCN(C(=O)c2nc(C(C)C)n(-c3ccccc3Cl)n2)C1. The maximum atomic E-state index is 12.8. The van der Waals surface area contributed by atoms with E-state index in [0.29, 0.717) is 10.9 Å². The summed E-state index contributed by atoms with van der Waals surface area (Å²) in [6.07, 6.45) is 1.01. The zero-order chi connectivity index (χ0) is 18.0. The van der Waals surface area contributed by atoms with Crippen molar-refractivity contribution in [3.63, 3.8) is 0 Å². The van der Waals surface area contributed by atoms with E-state index in [9.17, 15) is 4.79 Å². The molecule has 6 nitrogen and oxygen atoms in total. The average molecular weight is 362 g/mol. The molecule has 7 heteroatoms. The number of amides is 1. The molecular formula is C18H24ClN5O. The molecule has 0 bridgehead atoms. The molecule has 1 fully saturated rings. The summed E-state index contributed by atoms with van der Waals surface area (Å²) in [5, 5.41) is 8.26. The van der Waals surface area contributed by atoms with Crippen LogP contribution < -0.4 is 5.32 Å². The van der Waals surface area contributed by atoms with E-state index in [1.54, 1.807) is 4.68 Å². The van der Waals surface area contributed by atoms with Gasteiger partial charge >= 0.3 is 0 Å². The van der Waals surface area contributed by atoms with Crippen molar-refractivity contribution in [2.45, 2.75) is 26.2 Å². The highest BCUT2D eigenvalue weighted by Crippen LogP contribution is 2.24. The van der Waals surface area contributed by atoms with Gasteiger partial charge in [-0.15, -0.1) is 5.10 Å². The number of para-hydroxylation sites is 1. The molecule has 3 rings (SSSR count). The highest BCUT2D eigenvalue weighted by molar-refractivity contribution is 6.32. The van der Waals surface area contributed by atoms with Gasteiger partial charge in [-0.05, 0) is 38.1 Å². The first-order chi connectivity index (χ1) is 12.0. The third-order valence-corrected chi connectivity index (χ3v) is 4.81. The second-order valence-electron chi connectivity index (χ2n) is 6.78. The Morgan fingerprint density at radius 2 is 2.16 bits per heavy atom. The third-order valence-electron chi connectivity index (χ3n) is 4.49. The number of carbonyl (C=O) groups is 1. The van der Waals surface area contributed by atoms with Crippen LogP contribution in [0.5, 0.6) is 0 Å². The van der Waals surface area contributed by atoms with Crippen LogP contribution in [-0.4, -0.2) is 52.3 Å². The van der Waals surface area contributed by atoms with E-state index in [2.05, 4.69) is 15.4 Å². The van der Waals surface area contributed by atoms with Gasteiger partial charge in [0.1, 0.15) is 5.82 Å². The molecule has 1 saturated heterocycles. The van der Waals surface area contributed by atoms with Crippen molar-refractivity contribution >= 4 is 17.5 Å². The van der Waals surface area contributed by atoms with Crippen LogP contribution in [0.4, 0.5) is 0 Å². The minimum absolute atomic E-state index is 0.105. The standard InChI is InChI=1S/C18H24ClN5O/c1-12(2)17-21-16(18(25)23-9-8-13(11-23)10-20-3)22-24(17)15-7-5-4-6-14(15)19/h4-7,12-13,20H,8-11H2,1-3H3. The summed E-state index contributed by atoms with van der Waals surface area (Å²) in [6.45, 7) is 6.48. The molecule has 1 aromatic heterocycles. The number of rotatable bonds is 5. The molecule has 1 atom stereocenters. The van der Waals surface area contributed by atoms with Crippen LogP contribution in [0.15, 0.2) is 24.3 Å². The lowest BCUT2D eigenvalue weighted by Crippen LogP contribution is -2.31. The van der Waals surface area contributed by atoms with Crippen LogP contribution in [0.2, 0.25) is 5.02 Å². The number of aromatic nitrogens is 3. The molecule has 0 saturated carbocycles. The van der Waals surface area contributed by atoms with Gasteiger partial charge in [-0.3, -0.25) is 4.79 Å². The van der Waals surface area contributed by atoms with Gasteiger partial charge in [-0.25, -0.2) is 9.67 Å². The van der Waals surface area contributed by atoms with Crippen molar-refractivity contribution in [2.24, 2.45) is 5.92 Å². The molecule has 25 heavy (non-hydrogen) atoms. The zero-order valence-corrected chi connectivity index (χ0v) is 15.6. The van der Waals surface area contributed by atoms with E-state index in [1.165, 1.54) is 0 Å². The molecule has 1 aliphatic rings. The molecule has 2 heterocycles. The lowest BCUT2D eigenvalue weighted by atomic mass is 10.1. The zero-order valence-electron chi connectivity index (χ0n) is 14.9. The van der Waals surface area contributed by atoms with E-state index in [1.807, 2.05) is 50.1 Å². The number of benzene rings is 1. The van der Waals surface area contributed by atoms with Gasteiger partial charge in [-0.2, -0.15) is 0 Å². The monoisotopic (exact) mass is 361 g/mol. The van der Waals surface area contributed by atoms with Crippen LogP contribution in [0.1, 0.15) is 42.6 Å². The minimum atomic E-state index is -0.105. The van der Waals surface area contributed by atoms with Crippen LogP contribution in [0.3, 0.4) is 0 Å². The predicted octanol–water partition coefficient (Wildman–Crippen LogP) is 2.73. The third kappa shape index (κ3) is 3.70. The largest absolute Gasteiger partial charge is 0.336 e. The maximum Gasteiger partial charge on any atom is 0.293 e. The Labute approximate surface area is 153 Å². The van der Waals surface area contributed by atoms with Crippen molar-refractivity contribution in [3.8, 4) is 5.69 Å². The fourth-order valence-corrected chi connectivity index (χ4v) is 3.42. The van der Waals surface area contributed by atoms with Crippen LogP contribution in [-0.2, 0) is 0 Å². The number of halogens is 1. The normalized spacial score (nSPS) is 17.5. The van der Waals surface area contributed by atoms with Gasteiger partial charge in [0.2, 0.25) is 5.82 Å². The second kappa shape index (κ2) is 7.54. The van der Waals surface area contributed by atoms with E-state index >= 15 is 0 Å². The summed E-state index contributed by atoms with van der Waals surface area (Å²) in [5.74, 6) is 1.49. The number of hydrogen-bond donors (Lipinski definition) is 1. The Morgan fingerprint density at radius 3 is 2.84 bits per heavy atom. The number of nitrogens with zero attached hydrogens (tertiary/aromatic N) is 4. The number of nitrogens with one attached hydrogen (secondary N) is 1.